The molecule has 3 amide bonds. The Bertz CT molecular complexity index is 674. The lowest BCUT2D eigenvalue weighted by Gasteiger charge is -2.26. The van der Waals surface area contributed by atoms with E-state index in [1.54, 1.807) is 0 Å². The molecular formula is C18H31N7O5. The van der Waals surface area contributed by atoms with Crippen molar-refractivity contribution in [2.75, 3.05) is 26.2 Å². The summed E-state index contributed by atoms with van der Waals surface area (Å²) < 4.78 is 0. The van der Waals surface area contributed by atoms with Crippen LogP contribution < -0.4 is 27.4 Å². The number of rotatable bonds is 10. The molecule has 30 heavy (non-hydrogen) atoms. The number of nitrogens with two attached hydrogens (primary N) is 2. The van der Waals surface area contributed by atoms with Gasteiger partial charge in [-0.15, -0.1) is 0 Å². The summed E-state index contributed by atoms with van der Waals surface area (Å²) in [5, 5.41) is 17.5. The van der Waals surface area contributed by atoms with E-state index in [9.17, 15) is 24.3 Å². The maximum absolute atomic E-state index is 12.6. The van der Waals surface area contributed by atoms with Crippen LogP contribution >= 0.6 is 0 Å². The van der Waals surface area contributed by atoms with Crippen LogP contribution in [0.5, 0.6) is 0 Å². The first kappa shape index (κ1) is 23.4. The number of aliphatic imine (C=N–C) groups is 1. The Labute approximate surface area is 174 Å². The molecule has 2 fully saturated rings. The minimum Gasteiger partial charge on any atom is -0.480 e. The van der Waals surface area contributed by atoms with E-state index in [-0.39, 0.29) is 43.3 Å². The second kappa shape index (κ2) is 11.3. The molecule has 3 atom stereocenters. The van der Waals surface area contributed by atoms with Crippen molar-refractivity contribution in [2.24, 2.45) is 16.5 Å². The fourth-order valence-electron chi connectivity index (χ4n) is 3.66. The summed E-state index contributed by atoms with van der Waals surface area (Å²) in [6, 6.07) is -2.14. The lowest BCUT2D eigenvalue weighted by molar-refractivity contribution is -0.144. The van der Waals surface area contributed by atoms with E-state index in [1.807, 2.05) is 0 Å². The minimum atomic E-state index is -1.17. The van der Waals surface area contributed by atoms with Crippen molar-refractivity contribution in [3.05, 3.63) is 0 Å². The number of carboxylic acids is 1. The maximum Gasteiger partial charge on any atom is 0.326 e. The molecule has 12 nitrogen and oxygen atoms in total. The number of guanidine groups is 1. The number of hydrogen-bond acceptors (Lipinski definition) is 6. The molecule has 0 radical (unpaired) electrons. The van der Waals surface area contributed by atoms with Gasteiger partial charge < -0.3 is 37.4 Å². The van der Waals surface area contributed by atoms with Crippen LogP contribution in [0.25, 0.3) is 0 Å². The predicted octanol–water partition coefficient (Wildman–Crippen LogP) is -2.53. The van der Waals surface area contributed by atoms with Crippen LogP contribution in [0.1, 0.15) is 38.5 Å². The van der Waals surface area contributed by atoms with Crippen LogP contribution in [0.15, 0.2) is 4.99 Å². The quantitative estimate of drug-likeness (QED) is 0.125. The number of aliphatic carboxylic acids is 1. The molecule has 2 saturated heterocycles. The Morgan fingerprint density at radius 2 is 1.93 bits per heavy atom. The Hall–Kier alpha value is -2.89. The molecule has 2 aliphatic heterocycles. The van der Waals surface area contributed by atoms with Gasteiger partial charge in [0.2, 0.25) is 17.7 Å². The van der Waals surface area contributed by atoms with Gasteiger partial charge in [-0.25, -0.2) is 4.79 Å². The van der Waals surface area contributed by atoms with Crippen molar-refractivity contribution in [2.45, 2.75) is 56.7 Å². The molecule has 0 bridgehead atoms. The predicted molar refractivity (Wildman–Crippen MR) is 108 cm³/mol. The first-order valence-corrected chi connectivity index (χ1v) is 10.2. The summed E-state index contributed by atoms with van der Waals surface area (Å²) >= 11 is 0. The Morgan fingerprint density at radius 3 is 2.57 bits per heavy atom. The van der Waals surface area contributed by atoms with E-state index < -0.39 is 24.0 Å². The zero-order valence-corrected chi connectivity index (χ0v) is 16.9. The molecule has 0 aliphatic carbocycles. The van der Waals surface area contributed by atoms with Crippen LogP contribution in [0, 0.1) is 0 Å². The second-order valence-electron chi connectivity index (χ2n) is 7.46. The molecule has 2 rings (SSSR count). The van der Waals surface area contributed by atoms with Gasteiger partial charge in [0, 0.05) is 13.1 Å². The molecule has 0 aromatic rings. The van der Waals surface area contributed by atoms with E-state index in [2.05, 4.69) is 20.9 Å². The van der Waals surface area contributed by atoms with Gasteiger partial charge in [-0.1, -0.05) is 0 Å². The molecule has 0 aromatic carbocycles. The molecule has 3 unspecified atom stereocenters. The minimum absolute atomic E-state index is 0.0816. The fourth-order valence-corrected chi connectivity index (χ4v) is 3.66. The Kier molecular flexibility index (Phi) is 8.84. The number of nitrogens with zero attached hydrogens (tertiary/aromatic N) is 2. The highest BCUT2D eigenvalue weighted by atomic mass is 16.4. The molecule has 0 spiro atoms. The SMILES string of the molecule is NC(N)=NCCCC(NC(=O)C1CCCN1C(=O)CNC(=O)C1CCCN1)C(=O)O. The molecule has 2 heterocycles. The number of carbonyl (C=O) groups excluding carboxylic acids is 3. The van der Waals surface area contributed by atoms with Gasteiger partial charge >= 0.3 is 5.97 Å². The van der Waals surface area contributed by atoms with Crippen LogP contribution in [-0.4, -0.2) is 84.0 Å². The first-order chi connectivity index (χ1) is 14.3. The van der Waals surface area contributed by atoms with Crippen molar-refractivity contribution >= 4 is 29.7 Å². The lowest BCUT2D eigenvalue weighted by Crippen LogP contribution is -2.53. The molecule has 0 aromatic heterocycles. The average molecular weight is 425 g/mol. The second-order valence-corrected chi connectivity index (χ2v) is 7.46. The Morgan fingerprint density at radius 1 is 1.17 bits per heavy atom. The van der Waals surface area contributed by atoms with Crippen molar-refractivity contribution in [1.29, 1.82) is 0 Å². The van der Waals surface area contributed by atoms with Crippen LogP contribution in [0.3, 0.4) is 0 Å². The van der Waals surface area contributed by atoms with E-state index >= 15 is 0 Å². The molecule has 8 N–H and O–H groups in total. The zero-order valence-electron chi connectivity index (χ0n) is 16.9. The van der Waals surface area contributed by atoms with Gasteiger partial charge in [0.05, 0.1) is 12.6 Å². The van der Waals surface area contributed by atoms with Crippen LogP contribution in [0.4, 0.5) is 0 Å². The summed E-state index contributed by atoms with van der Waals surface area (Å²) in [5.74, 6) is -2.35. The maximum atomic E-state index is 12.6. The largest absolute Gasteiger partial charge is 0.480 e. The van der Waals surface area contributed by atoms with Gasteiger partial charge in [0.25, 0.3) is 0 Å². The Balaban J connectivity index is 1.85. The summed E-state index contributed by atoms with van der Waals surface area (Å²) in [7, 11) is 0. The number of nitrogens with one attached hydrogen (secondary N) is 3. The van der Waals surface area contributed by atoms with Crippen molar-refractivity contribution < 1.29 is 24.3 Å². The van der Waals surface area contributed by atoms with E-state index in [0.717, 1.165) is 19.4 Å². The molecule has 2 aliphatic rings. The number of carboxylic acid groups (broad SMARTS) is 1. The fraction of sp³-hybridized carbons (Fsp3) is 0.722. The molecule has 12 heteroatoms. The highest BCUT2D eigenvalue weighted by Gasteiger charge is 2.36. The lowest BCUT2D eigenvalue weighted by atomic mass is 10.1. The third kappa shape index (κ3) is 6.87. The molecule has 0 saturated carbocycles. The summed E-state index contributed by atoms with van der Waals surface area (Å²) in [6.07, 6.45) is 3.25. The smallest absolute Gasteiger partial charge is 0.326 e. The first-order valence-electron chi connectivity index (χ1n) is 10.2. The third-order valence-electron chi connectivity index (χ3n) is 5.23. The third-order valence-corrected chi connectivity index (χ3v) is 5.23. The van der Waals surface area contributed by atoms with Crippen molar-refractivity contribution in [3.63, 3.8) is 0 Å². The molecular weight excluding hydrogens is 394 g/mol. The van der Waals surface area contributed by atoms with E-state index in [4.69, 9.17) is 11.5 Å². The summed E-state index contributed by atoms with van der Waals surface area (Å²) in [5.41, 5.74) is 10.5. The van der Waals surface area contributed by atoms with Gasteiger partial charge in [-0.3, -0.25) is 19.4 Å². The zero-order chi connectivity index (χ0) is 22.1. The standard InChI is InChI=1S/C18H31N7O5/c19-18(20)22-8-2-5-12(17(29)30)24-16(28)13-6-3-9-25(13)14(26)10-23-15(27)11-4-1-7-21-11/h11-13,21H,1-10H2,(H,23,27)(H,24,28)(H,29,30)(H4,19,20,22). The van der Waals surface area contributed by atoms with Crippen molar-refractivity contribution in [1.82, 2.24) is 20.9 Å². The van der Waals surface area contributed by atoms with Gasteiger partial charge in [0.15, 0.2) is 5.96 Å². The number of amides is 3. The monoisotopic (exact) mass is 425 g/mol. The summed E-state index contributed by atoms with van der Waals surface area (Å²) in [4.78, 5) is 53.9. The number of carbonyl (C=O) groups is 4. The highest BCUT2D eigenvalue weighted by Crippen LogP contribution is 2.18. The van der Waals surface area contributed by atoms with Gasteiger partial charge in [0.1, 0.15) is 12.1 Å². The normalized spacial score (nSPS) is 21.7. The van der Waals surface area contributed by atoms with Crippen LogP contribution in [-0.2, 0) is 19.2 Å². The van der Waals surface area contributed by atoms with Crippen molar-refractivity contribution in [3.8, 4) is 0 Å². The highest BCUT2D eigenvalue weighted by molar-refractivity contribution is 5.93. The number of likely N-dealkylation sites (tertiary alicyclic amines) is 1. The van der Waals surface area contributed by atoms with Gasteiger partial charge in [-0.05, 0) is 45.1 Å². The van der Waals surface area contributed by atoms with E-state index in [0.29, 0.717) is 25.8 Å². The van der Waals surface area contributed by atoms with Crippen LogP contribution in [0.2, 0.25) is 0 Å². The average Bonchev–Trinajstić information content (AvgIpc) is 3.39. The van der Waals surface area contributed by atoms with E-state index in [1.165, 1.54) is 4.90 Å². The summed E-state index contributed by atoms with van der Waals surface area (Å²) in [6.45, 7) is 1.22. The van der Waals surface area contributed by atoms with Gasteiger partial charge in [-0.2, -0.15) is 0 Å². The molecule has 168 valence electrons. The number of hydrogen-bond donors (Lipinski definition) is 6. The topological polar surface area (TPSA) is 192 Å².